The van der Waals surface area contributed by atoms with Crippen molar-refractivity contribution in [2.45, 2.75) is 18.4 Å². The molecule has 0 atom stereocenters. The van der Waals surface area contributed by atoms with Crippen molar-refractivity contribution in [2.75, 3.05) is 18.2 Å². The third-order valence-corrected chi connectivity index (χ3v) is 4.68. The summed E-state index contributed by atoms with van der Waals surface area (Å²) >= 11 is 1.63. The number of ether oxygens (including phenoxy) is 2. The quantitative estimate of drug-likeness (QED) is 0.543. The summed E-state index contributed by atoms with van der Waals surface area (Å²) < 4.78 is 11.5. The Kier molecular flexibility index (Phi) is 6.92. The molecule has 0 saturated heterocycles. The summed E-state index contributed by atoms with van der Waals surface area (Å²) in [7, 11) is 0. The first-order valence-corrected chi connectivity index (χ1v) is 10.2. The molecular weight excluding hydrogens is 372 g/mol. The van der Waals surface area contributed by atoms with Gasteiger partial charge in [-0.15, -0.1) is 11.8 Å². The number of anilines is 1. The molecule has 0 unspecified atom stereocenters. The van der Waals surface area contributed by atoms with E-state index in [0.717, 1.165) is 16.1 Å². The largest absolute Gasteiger partial charge is 0.490 e. The number of thioether (sulfide) groups is 1. The number of benzene rings is 2. The molecule has 3 rings (SSSR count). The fourth-order valence-electron chi connectivity index (χ4n) is 2.59. The molecule has 0 radical (unpaired) electrons. The predicted octanol–water partition coefficient (Wildman–Crippen LogP) is 5.03. The number of carbonyl (C=O) groups excluding carboxylic acids is 1. The molecule has 0 aliphatic heterocycles. The van der Waals surface area contributed by atoms with Crippen molar-refractivity contribution < 1.29 is 14.3 Å². The number of pyridine rings is 1. The lowest BCUT2D eigenvalue weighted by molar-refractivity contribution is 0.102. The Morgan fingerprint density at radius 1 is 1.07 bits per heavy atom. The van der Waals surface area contributed by atoms with Crippen LogP contribution in [-0.2, 0) is 6.61 Å². The van der Waals surface area contributed by atoms with Gasteiger partial charge in [0.25, 0.3) is 5.91 Å². The van der Waals surface area contributed by atoms with Gasteiger partial charge in [-0.1, -0.05) is 12.1 Å². The van der Waals surface area contributed by atoms with Gasteiger partial charge in [-0.3, -0.25) is 9.78 Å². The zero-order valence-electron chi connectivity index (χ0n) is 15.8. The average Bonchev–Trinajstić information content (AvgIpc) is 2.74. The lowest BCUT2D eigenvalue weighted by Crippen LogP contribution is -2.12. The highest BCUT2D eigenvalue weighted by Crippen LogP contribution is 2.30. The number of nitrogens with zero attached hydrogens (tertiary/aromatic N) is 1. The number of hydrogen-bond acceptors (Lipinski definition) is 5. The van der Waals surface area contributed by atoms with Gasteiger partial charge in [0.05, 0.1) is 6.61 Å². The maximum atomic E-state index is 12.6. The van der Waals surface area contributed by atoms with E-state index in [1.54, 1.807) is 42.4 Å². The molecule has 2 aromatic carbocycles. The molecule has 0 fully saturated rings. The van der Waals surface area contributed by atoms with Crippen LogP contribution in [0.25, 0.3) is 0 Å². The van der Waals surface area contributed by atoms with Crippen LogP contribution in [0, 0.1) is 0 Å². The Morgan fingerprint density at radius 2 is 1.96 bits per heavy atom. The van der Waals surface area contributed by atoms with Gasteiger partial charge in [-0.05, 0) is 55.6 Å². The second-order valence-electron chi connectivity index (χ2n) is 5.93. The van der Waals surface area contributed by atoms with E-state index in [1.807, 2.05) is 49.6 Å². The van der Waals surface area contributed by atoms with Crippen LogP contribution >= 0.6 is 11.8 Å². The normalized spacial score (nSPS) is 10.4. The molecule has 6 heteroatoms. The summed E-state index contributed by atoms with van der Waals surface area (Å²) in [6.45, 7) is 2.75. The van der Waals surface area contributed by atoms with Crippen molar-refractivity contribution in [2.24, 2.45) is 0 Å². The van der Waals surface area contributed by atoms with Gasteiger partial charge in [-0.2, -0.15) is 0 Å². The van der Waals surface area contributed by atoms with Crippen LogP contribution in [0.4, 0.5) is 5.69 Å². The lowest BCUT2D eigenvalue weighted by Gasteiger charge is -2.13. The van der Waals surface area contributed by atoms with Crippen LogP contribution in [0.2, 0.25) is 0 Å². The molecule has 1 N–H and O–H groups in total. The van der Waals surface area contributed by atoms with Gasteiger partial charge >= 0.3 is 0 Å². The van der Waals surface area contributed by atoms with Gasteiger partial charge in [0.2, 0.25) is 0 Å². The second kappa shape index (κ2) is 9.80. The van der Waals surface area contributed by atoms with Crippen molar-refractivity contribution >= 4 is 23.4 Å². The summed E-state index contributed by atoms with van der Waals surface area (Å²) in [6, 6.07) is 16.7. The highest BCUT2D eigenvalue weighted by atomic mass is 32.2. The van der Waals surface area contributed by atoms with E-state index in [4.69, 9.17) is 9.47 Å². The summed E-state index contributed by atoms with van der Waals surface area (Å²) in [6.07, 6.45) is 5.47. The summed E-state index contributed by atoms with van der Waals surface area (Å²) in [5.41, 5.74) is 2.22. The number of carbonyl (C=O) groups is 1. The van der Waals surface area contributed by atoms with Crippen LogP contribution in [-0.4, -0.2) is 23.8 Å². The molecule has 0 saturated carbocycles. The molecule has 1 amide bonds. The van der Waals surface area contributed by atoms with Gasteiger partial charge < -0.3 is 14.8 Å². The van der Waals surface area contributed by atoms with Crippen LogP contribution in [0.3, 0.4) is 0 Å². The first kappa shape index (κ1) is 19.8. The summed E-state index contributed by atoms with van der Waals surface area (Å²) in [5.74, 6) is 0.932. The SMILES string of the molecule is CCOc1cc(C(=O)Nc2cccc(SC)c2)ccc1OCc1cccnc1. The molecule has 144 valence electrons. The lowest BCUT2D eigenvalue weighted by atomic mass is 10.1. The standard InChI is InChI=1S/C22H22N2O3S/c1-3-26-21-12-17(22(25)24-18-7-4-8-19(13-18)28-2)9-10-20(21)27-15-16-6-5-11-23-14-16/h4-14H,3,15H2,1-2H3,(H,24,25). The minimum atomic E-state index is -0.196. The molecule has 3 aromatic rings. The molecule has 1 aromatic heterocycles. The van der Waals surface area contributed by atoms with Gasteiger partial charge in [0.1, 0.15) is 6.61 Å². The van der Waals surface area contributed by atoms with E-state index >= 15 is 0 Å². The highest BCUT2D eigenvalue weighted by Gasteiger charge is 2.12. The number of aromatic nitrogens is 1. The first-order valence-electron chi connectivity index (χ1n) is 8.93. The topological polar surface area (TPSA) is 60.5 Å². The monoisotopic (exact) mass is 394 g/mol. The zero-order chi connectivity index (χ0) is 19.8. The second-order valence-corrected chi connectivity index (χ2v) is 6.81. The van der Waals surface area contributed by atoms with Crippen molar-refractivity contribution in [3.63, 3.8) is 0 Å². The average molecular weight is 394 g/mol. The van der Waals surface area contributed by atoms with E-state index in [9.17, 15) is 4.79 Å². The smallest absolute Gasteiger partial charge is 0.255 e. The van der Waals surface area contributed by atoms with Gasteiger partial charge in [-0.25, -0.2) is 0 Å². The van der Waals surface area contributed by atoms with Crippen LogP contribution in [0.5, 0.6) is 11.5 Å². The van der Waals surface area contributed by atoms with E-state index in [-0.39, 0.29) is 5.91 Å². The van der Waals surface area contributed by atoms with Gasteiger partial charge in [0, 0.05) is 34.1 Å². The van der Waals surface area contributed by atoms with Crippen molar-refractivity contribution in [1.82, 2.24) is 4.98 Å². The van der Waals surface area contributed by atoms with Crippen LogP contribution in [0.15, 0.2) is 71.9 Å². The maximum absolute atomic E-state index is 12.6. The van der Waals surface area contributed by atoms with E-state index in [0.29, 0.717) is 30.3 Å². The Hall–Kier alpha value is -2.99. The third-order valence-electron chi connectivity index (χ3n) is 3.95. The molecule has 0 aliphatic carbocycles. The maximum Gasteiger partial charge on any atom is 0.255 e. The van der Waals surface area contributed by atoms with E-state index in [2.05, 4.69) is 10.3 Å². The third kappa shape index (κ3) is 5.27. The van der Waals surface area contributed by atoms with Crippen molar-refractivity contribution in [3.8, 4) is 11.5 Å². The van der Waals surface area contributed by atoms with E-state index in [1.165, 1.54) is 0 Å². The first-order chi connectivity index (χ1) is 13.7. The zero-order valence-corrected chi connectivity index (χ0v) is 16.7. The fraction of sp³-hybridized carbons (Fsp3) is 0.182. The van der Waals surface area contributed by atoms with E-state index < -0.39 is 0 Å². The highest BCUT2D eigenvalue weighted by molar-refractivity contribution is 7.98. The number of nitrogens with one attached hydrogen (secondary N) is 1. The molecular formula is C22H22N2O3S. The Labute approximate surface area is 169 Å². The Balaban J connectivity index is 1.74. The summed E-state index contributed by atoms with van der Waals surface area (Å²) in [4.78, 5) is 17.8. The molecule has 5 nitrogen and oxygen atoms in total. The molecule has 0 spiro atoms. The molecule has 1 heterocycles. The fourth-order valence-corrected chi connectivity index (χ4v) is 3.04. The van der Waals surface area contributed by atoms with Gasteiger partial charge in [0.15, 0.2) is 11.5 Å². The minimum Gasteiger partial charge on any atom is -0.490 e. The Morgan fingerprint density at radius 3 is 2.71 bits per heavy atom. The number of hydrogen-bond donors (Lipinski definition) is 1. The Bertz CT molecular complexity index is 932. The van der Waals surface area contributed by atoms with Crippen molar-refractivity contribution in [3.05, 3.63) is 78.1 Å². The molecule has 0 bridgehead atoms. The van der Waals surface area contributed by atoms with Crippen LogP contribution in [0.1, 0.15) is 22.8 Å². The predicted molar refractivity (Wildman–Crippen MR) is 112 cm³/mol. The van der Waals surface area contributed by atoms with Crippen LogP contribution < -0.4 is 14.8 Å². The molecule has 28 heavy (non-hydrogen) atoms. The van der Waals surface area contributed by atoms with Crippen molar-refractivity contribution in [1.29, 1.82) is 0 Å². The number of amides is 1. The number of rotatable bonds is 8. The minimum absolute atomic E-state index is 0.196. The molecule has 0 aliphatic rings. The summed E-state index contributed by atoms with van der Waals surface area (Å²) in [5, 5.41) is 2.92.